The van der Waals surface area contributed by atoms with Gasteiger partial charge in [-0.15, -0.1) is 0 Å². The summed E-state index contributed by atoms with van der Waals surface area (Å²) in [5.74, 6) is -0.0644. The number of fused-ring (bicyclic) bond motifs is 1. The van der Waals surface area contributed by atoms with Crippen LogP contribution in [0.15, 0.2) is 12.3 Å². The molecular formula is C13H18N4O4. The SMILES string of the molecule is Cn1cc([N+](=O)[O-])cc1C(=O)NC1C(N)C2CCCOC21. The maximum Gasteiger partial charge on any atom is 0.287 e. The normalized spacial score (nSPS) is 31.1. The van der Waals surface area contributed by atoms with Gasteiger partial charge < -0.3 is 20.4 Å². The maximum absolute atomic E-state index is 12.3. The molecule has 1 amide bonds. The molecule has 8 nitrogen and oxygen atoms in total. The lowest BCUT2D eigenvalue weighted by Gasteiger charge is -2.52. The van der Waals surface area contributed by atoms with Crippen molar-refractivity contribution in [1.82, 2.24) is 9.88 Å². The molecule has 2 aliphatic rings. The van der Waals surface area contributed by atoms with Crippen molar-refractivity contribution < 1.29 is 14.5 Å². The molecule has 0 bridgehead atoms. The van der Waals surface area contributed by atoms with Crippen LogP contribution in [0, 0.1) is 16.0 Å². The molecule has 3 N–H and O–H groups in total. The van der Waals surface area contributed by atoms with E-state index in [4.69, 9.17) is 10.5 Å². The van der Waals surface area contributed by atoms with E-state index in [2.05, 4.69) is 5.32 Å². The number of nitrogens with two attached hydrogens (primary N) is 1. The molecule has 21 heavy (non-hydrogen) atoms. The number of nitrogens with one attached hydrogen (secondary N) is 1. The Morgan fingerprint density at radius 2 is 2.38 bits per heavy atom. The predicted octanol–water partition coefficient (Wildman–Crippen LogP) is 0.168. The zero-order valence-corrected chi connectivity index (χ0v) is 11.7. The van der Waals surface area contributed by atoms with Crippen LogP contribution in [-0.4, -0.2) is 40.2 Å². The van der Waals surface area contributed by atoms with Crippen molar-refractivity contribution in [2.24, 2.45) is 18.7 Å². The molecular weight excluding hydrogens is 276 g/mol. The molecule has 1 saturated carbocycles. The number of carbonyl (C=O) groups excluding carboxylic acids is 1. The Kier molecular flexibility index (Phi) is 3.42. The Bertz CT molecular complexity index is 585. The maximum atomic E-state index is 12.3. The van der Waals surface area contributed by atoms with Crippen molar-refractivity contribution in [2.75, 3.05) is 6.61 Å². The summed E-state index contributed by atoms with van der Waals surface area (Å²) in [7, 11) is 1.60. The second-order valence-electron chi connectivity index (χ2n) is 5.67. The fourth-order valence-corrected chi connectivity index (χ4v) is 3.22. The summed E-state index contributed by atoms with van der Waals surface area (Å²) in [5.41, 5.74) is 6.22. The number of nitro groups is 1. The van der Waals surface area contributed by atoms with Crippen LogP contribution < -0.4 is 11.1 Å². The first-order chi connectivity index (χ1) is 9.99. The van der Waals surface area contributed by atoms with E-state index in [0.717, 1.165) is 12.8 Å². The summed E-state index contributed by atoms with van der Waals surface area (Å²) >= 11 is 0. The molecule has 1 aromatic rings. The first-order valence-corrected chi connectivity index (χ1v) is 6.98. The van der Waals surface area contributed by atoms with Gasteiger partial charge in [-0.05, 0) is 12.8 Å². The van der Waals surface area contributed by atoms with Crippen LogP contribution in [0.2, 0.25) is 0 Å². The van der Waals surface area contributed by atoms with Gasteiger partial charge in [0.15, 0.2) is 0 Å². The average Bonchev–Trinajstić information content (AvgIpc) is 2.86. The van der Waals surface area contributed by atoms with Crippen LogP contribution in [0.25, 0.3) is 0 Å². The Morgan fingerprint density at radius 3 is 3.05 bits per heavy atom. The highest BCUT2D eigenvalue weighted by atomic mass is 16.6. The van der Waals surface area contributed by atoms with E-state index < -0.39 is 4.92 Å². The van der Waals surface area contributed by atoms with Gasteiger partial charge in [-0.2, -0.15) is 0 Å². The van der Waals surface area contributed by atoms with Crippen molar-refractivity contribution in [3.05, 3.63) is 28.1 Å². The van der Waals surface area contributed by atoms with E-state index in [-0.39, 0.29) is 35.5 Å². The molecule has 114 valence electrons. The molecule has 0 spiro atoms. The van der Waals surface area contributed by atoms with Crippen LogP contribution in [0.5, 0.6) is 0 Å². The predicted molar refractivity (Wildman–Crippen MR) is 73.8 cm³/mol. The summed E-state index contributed by atoms with van der Waals surface area (Å²) in [6, 6.07) is 0.921. The molecule has 3 rings (SSSR count). The number of ether oxygens (including phenoxy) is 1. The number of carbonyl (C=O) groups is 1. The number of hydrogen-bond donors (Lipinski definition) is 2. The summed E-state index contributed by atoms with van der Waals surface area (Å²) in [4.78, 5) is 22.5. The van der Waals surface area contributed by atoms with Crippen LogP contribution in [0.1, 0.15) is 23.3 Å². The minimum atomic E-state index is -0.522. The highest BCUT2D eigenvalue weighted by molar-refractivity contribution is 5.93. The van der Waals surface area contributed by atoms with Gasteiger partial charge in [0.25, 0.3) is 11.6 Å². The minimum Gasteiger partial charge on any atom is -0.376 e. The van der Waals surface area contributed by atoms with Crippen LogP contribution >= 0.6 is 0 Å². The van der Waals surface area contributed by atoms with Gasteiger partial charge >= 0.3 is 0 Å². The summed E-state index contributed by atoms with van der Waals surface area (Å²) in [5, 5.41) is 13.6. The highest BCUT2D eigenvalue weighted by Crippen LogP contribution is 2.37. The van der Waals surface area contributed by atoms with Crippen LogP contribution in [-0.2, 0) is 11.8 Å². The van der Waals surface area contributed by atoms with Crippen LogP contribution in [0.3, 0.4) is 0 Å². The number of hydrogen-bond acceptors (Lipinski definition) is 5. The first-order valence-electron chi connectivity index (χ1n) is 6.98. The Balaban J connectivity index is 1.70. The number of rotatable bonds is 3. The number of nitrogens with zero attached hydrogens (tertiary/aromatic N) is 2. The molecule has 0 aromatic carbocycles. The summed E-state index contributed by atoms with van der Waals surface area (Å²) in [6.45, 7) is 0.690. The van der Waals surface area contributed by atoms with Crippen molar-refractivity contribution in [3.63, 3.8) is 0 Å². The fourth-order valence-electron chi connectivity index (χ4n) is 3.22. The van der Waals surface area contributed by atoms with Crippen LogP contribution in [0.4, 0.5) is 5.69 Å². The topological polar surface area (TPSA) is 112 Å². The zero-order chi connectivity index (χ0) is 15.1. The fraction of sp³-hybridized carbons (Fsp3) is 0.615. The van der Waals surface area contributed by atoms with Gasteiger partial charge in [-0.1, -0.05) is 0 Å². The molecule has 1 saturated heterocycles. The van der Waals surface area contributed by atoms with Gasteiger partial charge in [0.2, 0.25) is 0 Å². The first kappa shape index (κ1) is 14.0. The minimum absolute atomic E-state index is 0.0343. The third-order valence-corrected chi connectivity index (χ3v) is 4.41. The summed E-state index contributed by atoms with van der Waals surface area (Å²) < 4.78 is 7.10. The van der Waals surface area contributed by atoms with Crippen molar-refractivity contribution in [3.8, 4) is 0 Å². The molecule has 1 aliphatic carbocycles. The van der Waals surface area contributed by atoms with Gasteiger partial charge in [0.1, 0.15) is 5.69 Å². The third-order valence-electron chi connectivity index (χ3n) is 4.41. The van der Waals surface area contributed by atoms with E-state index in [1.54, 1.807) is 7.05 Å². The molecule has 4 unspecified atom stereocenters. The lowest BCUT2D eigenvalue weighted by atomic mass is 9.68. The van der Waals surface area contributed by atoms with Gasteiger partial charge in [-0.3, -0.25) is 14.9 Å². The number of aromatic nitrogens is 1. The standard InChI is InChI=1S/C13H18N4O4/c1-16-6-7(17(19)20)5-9(16)13(18)15-11-10(14)8-3-2-4-21-12(8)11/h5-6,8,10-12H,2-4,14H2,1H3,(H,15,18). The molecule has 2 heterocycles. The largest absolute Gasteiger partial charge is 0.376 e. The lowest BCUT2D eigenvalue weighted by Crippen LogP contribution is -2.72. The average molecular weight is 294 g/mol. The van der Waals surface area contributed by atoms with E-state index in [0.29, 0.717) is 12.5 Å². The van der Waals surface area contributed by atoms with E-state index in [9.17, 15) is 14.9 Å². The van der Waals surface area contributed by atoms with Crippen molar-refractivity contribution in [1.29, 1.82) is 0 Å². The summed E-state index contributed by atoms with van der Waals surface area (Å²) in [6.07, 6.45) is 3.30. The van der Waals surface area contributed by atoms with Gasteiger partial charge in [-0.25, -0.2) is 0 Å². The Morgan fingerprint density at radius 1 is 1.62 bits per heavy atom. The quantitative estimate of drug-likeness (QED) is 0.609. The zero-order valence-electron chi connectivity index (χ0n) is 11.7. The molecule has 1 aliphatic heterocycles. The molecule has 2 fully saturated rings. The number of amides is 1. The monoisotopic (exact) mass is 294 g/mol. The number of aryl methyl sites for hydroxylation is 1. The van der Waals surface area contributed by atoms with Crippen molar-refractivity contribution >= 4 is 11.6 Å². The Hall–Kier alpha value is -1.93. The van der Waals surface area contributed by atoms with Gasteiger partial charge in [0.05, 0.1) is 23.3 Å². The smallest absolute Gasteiger partial charge is 0.287 e. The van der Waals surface area contributed by atoms with Crippen molar-refractivity contribution in [2.45, 2.75) is 31.0 Å². The molecule has 8 heteroatoms. The highest BCUT2D eigenvalue weighted by Gasteiger charge is 2.51. The third kappa shape index (κ3) is 2.30. The van der Waals surface area contributed by atoms with Gasteiger partial charge in [0, 0.05) is 31.7 Å². The second-order valence-corrected chi connectivity index (χ2v) is 5.67. The lowest BCUT2D eigenvalue weighted by molar-refractivity contribution is -0.384. The Labute approximate surface area is 121 Å². The van der Waals surface area contributed by atoms with E-state index in [1.165, 1.54) is 16.8 Å². The van der Waals surface area contributed by atoms with E-state index >= 15 is 0 Å². The van der Waals surface area contributed by atoms with E-state index in [1.807, 2.05) is 0 Å². The molecule has 1 aromatic heterocycles. The molecule has 4 atom stereocenters. The molecule has 0 radical (unpaired) electrons. The second kappa shape index (κ2) is 5.12.